The zero-order valence-electron chi connectivity index (χ0n) is 16.8. The van der Waals surface area contributed by atoms with Crippen LogP contribution in [0.5, 0.6) is 0 Å². The summed E-state index contributed by atoms with van der Waals surface area (Å²) < 4.78 is 14.4. The lowest BCUT2D eigenvalue weighted by Crippen LogP contribution is -2.17. The summed E-state index contributed by atoms with van der Waals surface area (Å²) in [5.41, 5.74) is 2.26. The van der Waals surface area contributed by atoms with E-state index < -0.39 is 11.7 Å². The Hall–Kier alpha value is -3.14. The fourth-order valence-corrected chi connectivity index (χ4v) is 3.99. The van der Waals surface area contributed by atoms with Gasteiger partial charge in [0.2, 0.25) is 0 Å². The van der Waals surface area contributed by atoms with Gasteiger partial charge in [-0.2, -0.15) is 5.26 Å². The van der Waals surface area contributed by atoms with Gasteiger partial charge in [-0.15, -0.1) is 11.8 Å². The standard InChI is InChI=1S/C24H18ClFN2O2S/c1-14(29)23-17(9-15-3-6-18(25)7-4-15)11-19(26)12-21(23)28-24(30)20-10-16(13-27)5-8-22(20)31-2/h3-8,10-12H,9H2,1-2H3,(H,28,30). The highest BCUT2D eigenvalue weighted by molar-refractivity contribution is 7.98. The number of ketones is 1. The summed E-state index contributed by atoms with van der Waals surface area (Å²) in [5, 5.41) is 12.4. The summed E-state index contributed by atoms with van der Waals surface area (Å²) >= 11 is 7.28. The molecule has 0 fully saturated rings. The van der Waals surface area contributed by atoms with Crippen LogP contribution in [0.1, 0.15) is 44.3 Å². The second-order valence-electron chi connectivity index (χ2n) is 6.83. The summed E-state index contributed by atoms with van der Waals surface area (Å²) in [5.74, 6) is -1.39. The Kier molecular flexibility index (Phi) is 7.11. The average Bonchev–Trinajstić information content (AvgIpc) is 2.74. The van der Waals surface area contributed by atoms with Crippen molar-refractivity contribution in [1.82, 2.24) is 0 Å². The second-order valence-corrected chi connectivity index (χ2v) is 8.11. The van der Waals surface area contributed by atoms with Crippen LogP contribution in [0, 0.1) is 17.1 Å². The van der Waals surface area contributed by atoms with Crippen molar-refractivity contribution >= 4 is 40.7 Å². The molecule has 7 heteroatoms. The Morgan fingerprint density at radius 1 is 1.13 bits per heavy atom. The molecule has 31 heavy (non-hydrogen) atoms. The number of anilines is 1. The molecule has 0 spiro atoms. The molecule has 0 saturated carbocycles. The zero-order valence-corrected chi connectivity index (χ0v) is 18.4. The van der Waals surface area contributed by atoms with Gasteiger partial charge >= 0.3 is 0 Å². The van der Waals surface area contributed by atoms with Crippen LogP contribution in [0.4, 0.5) is 10.1 Å². The SMILES string of the molecule is CSc1ccc(C#N)cc1C(=O)Nc1cc(F)cc(Cc2ccc(Cl)cc2)c1C(C)=O. The summed E-state index contributed by atoms with van der Waals surface area (Å²) in [6, 6.07) is 16.2. The van der Waals surface area contributed by atoms with Crippen LogP contribution in [-0.2, 0) is 6.42 Å². The van der Waals surface area contributed by atoms with E-state index in [9.17, 15) is 14.0 Å². The molecular weight excluding hydrogens is 435 g/mol. The van der Waals surface area contributed by atoms with E-state index in [0.717, 1.165) is 11.6 Å². The Labute approximate surface area is 189 Å². The molecule has 3 aromatic rings. The van der Waals surface area contributed by atoms with Gasteiger partial charge in [0.25, 0.3) is 5.91 Å². The molecule has 3 aromatic carbocycles. The van der Waals surface area contributed by atoms with E-state index in [1.54, 1.807) is 36.4 Å². The van der Waals surface area contributed by atoms with E-state index >= 15 is 0 Å². The molecule has 0 unspecified atom stereocenters. The first-order chi connectivity index (χ1) is 14.8. The van der Waals surface area contributed by atoms with Gasteiger partial charge in [-0.05, 0) is 73.2 Å². The molecule has 1 amide bonds. The van der Waals surface area contributed by atoms with Gasteiger partial charge in [-0.3, -0.25) is 9.59 Å². The van der Waals surface area contributed by atoms with Crippen LogP contribution in [0.2, 0.25) is 5.02 Å². The predicted octanol–water partition coefficient (Wildman–Crippen LogP) is 6.12. The Morgan fingerprint density at radius 2 is 1.84 bits per heavy atom. The molecule has 0 radical (unpaired) electrons. The first-order valence-electron chi connectivity index (χ1n) is 9.29. The van der Waals surface area contributed by atoms with Crippen molar-refractivity contribution in [3.63, 3.8) is 0 Å². The van der Waals surface area contributed by atoms with E-state index in [1.807, 2.05) is 12.3 Å². The smallest absolute Gasteiger partial charge is 0.256 e. The number of amides is 1. The van der Waals surface area contributed by atoms with E-state index in [2.05, 4.69) is 5.32 Å². The maximum atomic E-state index is 14.4. The van der Waals surface area contributed by atoms with Crippen LogP contribution in [0.3, 0.4) is 0 Å². The molecular formula is C24H18ClFN2O2S. The highest BCUT2D eigenvalue weighted by Gasteiger charge is 2.20. The third-order valence-corrected chi connectivity index (χ3v) is 5.71. The molecule has 0 aromatic heterocycles. The minimum Gasteiger partial charge on any atom is -0.321 e. The molecule has 0 heterocycles. The summed E-state index contributed by atoms with van der Waals surface area (Å²) in [6.45, 7) is 1.37. The van der Waals surface area contributed by atoms with Crippen LogP contribution >= 0.6 is 23.4 Å². The largest absolute Gasteiger partial charge is 0.321 e. The average molecular weight is 453 g/mol. The highest BCUT2D eigenvalue weighted by Crippen LogP contribution is 2.28. The lowest BCUT2D eigenvalue weighted by molar-refractivity contribution is 0.101. The molecule has 3 rings (SSSR count). The second kappa shape index (κ2) is 9.78. The number of thioether (sulfide) groups is 1. The number of Topliss-reactive ketones (excluding diaryl/α,β-unsaturated/α-hetero) is 1. The fourth-order valence-electron chi connectivity index (χ4n) is 3.28. The third kappa shape index (κ3) is 5.32. The van der Waals surface area contributed by atoms with Crippen molar-refractivity contribution in [1.29, 1.82) is 5.26 Å². The summed E-state index contributed by atoms with van der Waals surface area (Å²) in [7, 11) is 0. The van der Waals surface area contributed by atoms with Crippen LogP contribution in [-0.4, -0.2) is 17.9 Å². The van der Waals surface area contributed by atoms with Crippen LogP contribution < -0.4 is 5.32 Å². The number of carbonyl (C=O) groups is 2. The zero-order chi connectivity index (χ0) is 22.5. The molecule has 0 bridgehead atoms. The van der Waals surface area contributed by atoms with E-state index in [4.69, 9.17) is 16.9 Å². The van der Waals surface area contributed by atoms with Gasteiger partial charge in [-0.1, -0.05) is 23.7 Å². The number of rotatable bonds is 6. The number of hydrogen-bond acceptors (Lipinski definition) is 4. The summed E-state index contributed by atoms with van der Waals surface area (Å²) in [6.07, 6.45) is 2.11. The van der Waals surface area contributed by atoms with Crippen LogP contribution in [0.15, 0.2) is 59.5 Å². The maximum Gasteiger partial charge on any atom is 0.256 e. The molecule has 156 valence electrons. The molecule has 4 nitrogen and oxygen atoms in total. The van der Waals surface area contributed by atoms with E-state index in [-0.39, 0.29) is 22.6 Å². The molecule has 0 aliphatic carbocycles. The molecule has 0 saturated heterocycles. The fraction of sp³-hybridized carbons (Fsp3) is 0.125. The topological polar surface area (TPSA) is 70.0 Å². The number of nitrogens with one attached hydrogen (secondary N) is 1. The molecule has 1 N–H and O–H groups in total. The third-order valence-electron chi connectivity index (χ3n) is 4.67. The minimum atomic E-state index is -0.569. The van der Waals surface area contributed by atoms with Crippen molar-refractivity contribution < 1.29 is 14.0 Å². The van der Waals surface area contributed by atoms with E-state index in [0.29, 0.717) is 27.5 Å². The molecule has 0 aliphatic rings. The van der Waals surface area contributed by atoms with Crippen LogP contribution in [0.25, 0.3) is 0 Å². The Morgan fingerprint density at radius 3 is 2.45 bits per heavy atom. The van der Waals surface area contributed by atoms with Crippen molar-refractivity contribution in [2.45, 2.75) is 18.2 Å². The Balaban J connectivity index is 2.02. The first kappa shape index (κ1) is 22.5. The monoisotopic (exact) mass is 452 g/mol. The molecule has 0 aliphatic heterocycles. The van der Waals surface area contributed by atoms with Gasteiger partial charge in [0.1, 0.15) is 5.82 Å². The first-order valence-corrected chi connectivity index (χ1v) is 10.9. The van der Waals surface area contributed by atoms with E-state index in [1.165, 1.54) is 30.8 Å². The van der Waals surface area contributed by atoms with Crippen molar-refractivity contribution in [3.8, 4) is 6.07 Å². The van der Waals surface area contributed by atoms with Crippen molar-refractivity contribution in [3.05, 3.63) is 93.3 Å². The normalized spacial score (nSPS) is 10.4. The van der Waals surface area contributed by atoms with Gasteiger partial charge in [0.15, 0.2) is 5.78 Å². The number of nitrogens with zero attached hydrogens (tertiary/aromatic N) is 1. The lowest BCUT2D eigenvalue weighted by Gasteiger charge is -2.15. The lowest BCUT2D eigenvalue weighted by atomic mass is 9.95. The van der Waals surface area contributed by atoms with Crippen molar-refractivity contribution in [2.24, 2.45) is 0 Å². The number of halogens is 2. The highest BCUT2D eigenvalue weighted by atomic mass is 35.5. The van der Waals surface area contributed by atoms with Crippen molar-refractivity contribution in [2.75, 3.05) is 11.6 Å². The van der Waals surface area contributed by atoms with Gasteiger partial charge in [0, 0.05) is 15.5 Å². The van der Waals surface area contributed by atoms with Gasteiger partial charge in [0.05, 0.1) is 22.9 Å². The number of benzene rings is 3. The quantitative estimate of drug-likeness (QED) is 0.361. The molecule has 0 atom stereocenters. The summed E-state index contributed by atoms with van der Waals surface area (Å²) in [4.78, 5) is 26.1. The number of hydrogen-bond donors (Lipinski definition) is 1. The van der Waals surface area contributed by atoms with Gasteiger partial charge in [-0.25, -0.2) is 4.39 Å². The maximum absolute atomic E-state index is 14.4. The predicted molar refractivity (Wildman–Crippen MR) is 122 cm³/mol. The number of nitriles is 1. The number of carbonyl (C=O) groups excluding carboxylic acids is 2. The Bertz CT molecular complexity index is 1200. The van der Waals surface area contributed by atoms with Gasteiger partial charge < -0.3 is 5.32 Å². The minimum absolute atomic E-state index is 0.0934.